The SMILES string of the molecule is CCOc1cc(-c2cc(C(=O)O)c3cc(C)ccc3n2)ccc1OCc1ccc(C)cc1. The van der Waals surface area contributed by atoms with Crippen LogP contribution < -0.4 is 9.47 Å². The van der Waals surface area contributed by atoms with Crippen LogP contribution in [0.4, 0.5) is 0 Å². The van der Waals surface area contributed by atoms with Gasteiger partial charge < -0.3 is 14.6 Å². The molecule has 0 unspecified atom stereocenters. The first-order valence-electron chi connectivity index (χ1n) is 10.5. The summed E-state index contributed by atoms with van der Waals surface area (Å²) in [7, 11) is 0. The monoisotopic (exact) mass is 427 g/mol. The molecule has 0 spiro atoms. The van der Waals surface area contributed by atoms with E-state index in [2.05, 4.69) is 12.1 Å². The third-order valence-corrected chi connectivity index (χ3v) is 5.25. The van der Waals surface area contributed by atoms with Gasteiger partial charge >= 0.3 is 5.97 Å². The van der Waals surface area contributed by atoms with Crippen molar-refractivity contribution in [2.45, 2.75) is 27.4 Å². The highest BCUT2D eigenvalue weighted by atomic mass is 16.5. The van der Waals surface area contributed by atoms with Crippen molar-refractivity contribution in [3.63, 3.8) is 0 Å². The molecule has 0 amide bonds. The number of benzene rings is 3. The molecule has 4 aromatic rings. The van der Waals surface area contributed by atoms with Crippen molar-refractivity contribution in [2.24, 2.45) is 0 Å². The summed E-state index contributed by atoms with van der Waals surface area (Å²) in [6.45, 7) is 6.80. The minimum absolute atomic E-state index is 0.228. The second kappa shape index (κ2) is 9.10. The third-order valence-electron chi connectivity index (χ3n) is 5.25. The van der Waals surface area contributed by atoms with Gasteiger partial charge in [-0.25, -0.2) is 9.78 Å². The van der Waals surface area contributed by atoms with Crippen molar-refractivity contribution in [1.29, 1.82) is 0 Å². The molecule has 0 aliphatic heterocycles. The van der Waals surface area contributed by atoms with Crippen molar-refractivity contribution in [3.05, 3.63) is 89.0 Å². The maximum atomic E-state index is 11.9. The second-order valence-electron chi connectivity index (χ2n) is 7.75. The lowest BCUT2D eigenvalue weighted by molar-refractivity contribution is 0.0699. The fraction of sp³-hybridized carbons (Fsp3) is 0.185. The Bertz CT molecular complexity index is 1280. The highest BCUT2D eigenvalue weighted by molar-refractivity contribution is 6.04. The van der Waals surface area contributed by atoms with Gasteiger partial charge in [-0.05, 0) is 62.7 Å². The molecule has 4 rings (SSSR count). The molecular formula is C27H25NO4. The van der Waals surface area contributed by atoms with Crippen LogP contribution in [0.3, 0.4) is 0 Å². The van der Waals surface area contributed by atoms with Crippen LogP contribution in [0.5, 0.6) is 11.5 Å². The maximum absolute atomic E-state index is 11.9. The molecule has 5 nitrogen and oxygen atoms in total. The Morgan fingerprint density at radius 3 is 2.34 bits per heavy atom. The van der Waals surface area contributed by atoms with Gasteiger partial charge in [0, 0.05) is 10.9 Å². The molecule has 32 heavy (non-hydrogen) atoms. The smallest absolute Gasteiger partial charge is 0.336 e. The minimum atomic E-state index is -0.979. The zero-order chi connectivity index (χ0) is 22.7. The molecule has 0 aliphatic rings. The molecular weight excluding hydrogens is 402 g/mol. The fourth-order valence-corrected chi connectivity index (χ4v) is 3.56. The summed E-state index contributed by atoms with van der Waals surface area (Å²) >= 11 is 0. The number of fused-ring (bicyclic) bond motifs is 1. The summed E-state index contributed by atoms with van der Waals surface area (Å²) in [6.07, 6.45) is 0. The fourth-order valence-electron chi connectivity index (χ4n) is 3.56. The van der Waals surface area contributed by atoms with Crippen molar-refractivity contribution in [2.75, 3.05) is 6.61 Å². The quantitative estimate of drug-likeness (QED) is 0.381. The number of carbonyl (C=O) groups is 1. The van der Waals surface area contributed by atoms with Crippen molar-refractivity contribution >= 4 is 16.9 Å². The Balaban J connectivity index is 1.70. The molecule has 0 saturated heterocycles. The number of rotatable bonds is 7. The van der Waals surface area contributed by atoms with Crippen LogP contribution in [-0.2, 0) is 6.61 Å². The number of carboxylic acid groups (broad SMARTS) is 1. The van der Waals surface area contributed by atoms with E-state index in [9.17, 15) is 9.90 Å². The van der Waals surface area contributed by atoms with Gasteiger partial charge in [0.1, 0.15) is 6.61 Å². The number of aromatic carboxylic acids is 1. The Morgan fingerprint density at radius 1 is 0.875 bits per heavy atom. The van der Waals surface area contributed by atoms with E-state index < -0.39 is 5.97 Å². The number of carboxylic acids is 1. The Hall–Kier alpha value is -3.86. The van der Waals surface area contributed by atoms with Crippen LogP contribution in [-0.4, -0.2) is 22.7 Å². The van der Waals surface area contributed by atoms with E-state index in [1.54, 1.807) is 6.07 Å². The van der Waals surface area contributed by atoms with Crippen LogP contribution in [0.2, 0.25) is 0 Å². The maximum Gasteiger partial charge on any atom is 0.336 e. The van der Waals surface area contributed by atoms with E-state index in [0.29, 0.717) is 41.3 Å². The number of hydrogen-bond acceptors (Lipinski definition) is 4. The first-order valence-corrected chi connectivity index (χ1v) is 10.5. The topological polar surface area (TPSA) is 68.7 Å². The lowest BCUT2D eigenvalue weighted by atomic mass is 10.0. The molecule has 1 heterocycles. The molecule has 0 saturated carbocycles. The number of aromatic nitrogens is 1. The molecule has 0 radical (unpaired) electrons. The number of hydrogen-bond donors (Lipinski definition) is 1. The number of aryl methyl sites for hydroxylation is 2. The lowest BCUT2D eigenvalue weighted by Crippen LogP contribution is -2.02. The van der Waals surface area contributed by atoms with E-state index in [1.165, 1.54) is 5.56 Å². The number of pyridine rings is 1. The first kappa shape index (κ1) is 21.4. The van der Waals surface area contributed by atoms with Crippen LogP contribution in [0.25, 0.3) is 22.2 Å². The summed E-state index contributed by atoms with van der Waals surface area (Å²) in [5, 5.41) is 10.4. The number of nitrogens with zero attached hydrogens (tertiary/aromatic N) is 1. The van der Waals surface area contributed by atoms with Crippen molar-refractivity contribution in [1.82, 2.24) is 4.98 Å². The minimum Gasteiger partial charge on any atom is -0.490 e. The van der Waals surface area contributed by atoms with Crippen LogP contribution in [0.15, 0.2) is 66.7 Å². The summed E-state index contributed by atoms with van der Waals surface area (Å²) in [5.41, 5.74) is 5.47. The van der Waals surface area contributed by atoms with Crippen molar-refractivity contribution < 1.29 is 19.4 Å². The molecule has 1 aromatic heterocycles. The molecule has 162 valence electrons. The molecule has 3 aromatic carbocycles. The standard InChI is InChI=1S/C27H25NO4/c1-4-31-26-14-20(10-12-25(26)32-16-19-8-5-17(2)6-9-19)24-15-22(27(29)30)21-13-18(3)7-11-23(21)28-24/h5-15H,4,16H2,1-3H3,(H,29,30). The molecule has 0 atom stereocenters. The van der Waals surface area contributed by atoms with Crippen LogP contribution in [0, 0.1) is 13.8 Å². The molecule has 0 fully saturated rings. The van der Waals surface area contributed by atoms with Gasteiger partial charge in [-0.2, -0.15) is 0 Å². The van der Waals surface area contributed by atoms with E-state index in [4.69, 9.17) is 14.5 Å². The van der Waals surface area contributed by atoms with Gasteiger partial charge in [-0.1, -0.05) is 41.5 Å². The average Bonchev–Trinajstić information content (AvgIpc) is 2.78. The normalized spacial score (nSPS) is 10.8. The van der Waals surface area contributed by atoms with Crippen LogP contribution >= 0.6 is 0 Å². The summed E-state index contributed by atoms with van der Waals surface area (Å²) in [5.74, 6) is 0.248. The van der Waals surface area contributed by atoms with Gasteiger partial charge in [0.05, 0.1) is 23.4 Å². The van der Waals surface area contributed by atoms with E-state index in [-0.39, 0.29) is 5.56 Å². The molecule has 5 heteroatoms. The zero-order valence-corrected chi connectivity index (χ0v) is 18.4. The molecule has 0 aliphatic carbocycles. The van der Waals surface area contributed by atoms with Gasteiger partial charge in [0.25, 0.3) is 0 Å². The van der Waals surface area contributed by atoms with Gasteiger partial charge in [-0.15, -0.1) is 0 Å². The third kappa shape index (κ3) is 4.57. The Morgan fingerprint density at radius 2 is 1.62 bits per heavy atom. The highest BCUT2D eigenvalue weighted by Gasteiger charge is 2.15. The van der Waals surface area contributed by atoms with Gasteiger partial charge in [0.2, 0.25) is 0 Å². The lowest BCUT2D eigenvalue weighted by Gasteiger charge is -2.14. The predicted molar refractivity (Wildman–Crippen MR) is 126 cm³/mol. The predicted octanol–water partition coefficient (Wildman–Crippen LogP) is 6.19. The Labute approximate surface area is 187 Å². The van der Waals surface area contributed by atoms with Gasteiger partial charge in [0.15, 0.2) is 11.5 Å². The summed E-state index contributed by atoms with van der Waals surface area (Å²) in [6, 6.07) is 21.0. The largest absolute Gasteiger partial charge is 0.490 e. The number of ether oxygens (including phenoxy) is 2. The van der Waals surface area contributed by atoms with Crippen LogP contribution in [0.1, 0.15) is 34.0 Å². The van der Waals surface area contributed by atoms with Crippen molar-refractivity contribution in [3.8, 4) is 22.8 Å². The Kier molecular flexibility index (Phi) is 6.08. The van der Waals surface area contributed by atoms with E-state index in [0.717, 1.165) is 16.7 Å². The molecule has 0 bridgehead atoms. The first-order chi connectivity index (χ1) is 15.4. The zero-order valence-electron chi connectivity index (χ0n) is 18.4. The average molecular weight is 428 g/mol. The second-order valence-corrected chi connectivity index (χ2v) is 7.75. The summed E-state index contributed by atoms with van der Waals surface area (Å²) in [4.78, 5) is 16.6. The highest BCUT2D eigenvalue weighted by Crippen LogP contribution is 2.34. The summed E-state index contributed by atoms with van der Waals surface area (Å²) < 4.78 is 11.8. The van der Waals surface area contributed by atoms with E-state index >= 15 is 0 Å². The molecule has 1 N–H and O–H groups in total. The van der Waals surface area contributed by atoms with Gasteiger partial charge in [-0.3, -0.25) is 0 Å². The van der Waals surface area contributed by atoms with E-state index in [1.807, 2.05) is 69.3 Å².